The monoisotopic (exact) mass is 562 g/mol. The maximum absolute atomic E-state index is 13.9. The number of H-pyrrole nitrogens is 1. The number of benzene rings is 2. The molecule has 4 N–H and O–H groups in total. The fraction of sp³-hybridized carbons (Fsp3) is 0.333. The van der Waals surface area contributed by atoms with Gasteiger partial charge in [0, 0.05) is 54.5 Å². The van der Waals surface area contributed by atoms with Crippen LogP contribution in [0, 0.1) is 17.5 Å². The van der Waals surface area contributed by atoms with E-state index in [0.717, 1.165) is 22.5 Å². The third-order valence-corrected chi connectivity index (χ3v) is 7.01. The Morgan fingerprint density at radius 1 is 1.11 bits per heavy atom. The number of thioether (sulfide) groups is 1. The number of nitrogens with two attached hydrogens (primary N) is 1. The zero-order valence-corrected chi connectivity index (χ0v) is 21.6. The Hall–Kier alpha value is -2.40. The molecule has 0 bridgehead atoms. The van der Waals surface area contributed by atoms with E-state index >= 15 is 0 Å². The van der Waals surface area contributed by atoms with Gasteiger partial charge in [-0.05, 0) is 36.1 Å². The number of para-hydroxylation sites is 1. The molecular weight excluding hydrogens is 536 g/mol. The predicted octanol–water partition coefficient (Wildman–Crippen LogP) is 3.95. The molecule has 36 heavy (non-hydrogen) atoms. The van der Waals surface area contributed by atoms with Crippen molar-refractivity contribution in [3.05, 3.63) is 71.2 Å². The van der Waals surface area contributed by atoms with Crippen LogP contribution in [0.3, 0.4) is 0 Å². The molecule has 1 aliphatic rings. The molecule has 6 nitrogen and oxygen atoms in total. The number of hydrogen-bond acceptors (Lipinski definition) is 4. The molecule has 2 aromatic carbocycles. The molecule has 0 radical (unpaired) electrons. The summed E-state index contributed by atoms with van der Waals surface area (Å²) in [5, 5.41) is 3.34. The highest BCUT2D eigenvalue weighted by atomic mass is 35.5. The normalized spacial score (nSPS) is 15.8. The molecule has 0 spiro atoms. The van der Waals surface area contributed by atoms with Crippen LogP contribution in [0.2, 0.25) is 0 Å². The van der Waals surface area contributed by atoms with Crippen LogP contribution in [0.15, 0.2) is 42.6 Å². The maximum atomic E-state index is 13.9. The molecule has 2 atom stereocenters. The van der Waals surface area contributed by atoms with Gasteiger partial charge >= 0.3 is 0 Å². The van der Waals surface area contributed by atoms with Crippen LogP contribution in [0.1, 0.15) is 17.5 Å². The van der Waals surface area contributed by atoms with Gasteiger partial charge in [-0.25, -0.2) is 13.2 Å². The van der Waals surface area contributed by atoms with Gasteiger partial charge in [0.25, 0.3) is 5.91 Å². The number of nitrogens with one attached hydrogen (secondary N) is 2. The molecule has 0 saturated carbocycles. The Kier molecular flexibility index (Phi) is 11.0. The summed E-state index contributed by atoms with van der Waals surface area (Å²) >= 11 is 1.37. The zero-order chi connectivity index (χ0) is 24.2. The second-order valence-corrected chi connectivity index (χ2v) is 9.42. The van der Waals surface area contributed by atoms with Crippen LogP contribution >= 0.6 is 36.6 Å². The van der Waals surface area contributed by atoms with E-state index in [0.29, 0.717) is 31.3 Å². The highest BCUT2D eigenvalue weighted by molar-refractivity contribution is 8.00. The molecule has 1 unspecified atom stereocenters. The fourth-order valence-electron chi connectivity index (χ4n) is 4.11. The number of hydrogen-bond donors (Lipinski definition) is 3. The van der Waals surface area contributed by atoms with Gasteiger partial charge in [0.1, 0.15) is 5.82 Å². The second kappa shape index (κ2) is 13.2. The number of amides is 2. The third kappa shape index (κ3) is 6.88. The van der Waals surface area contributed by atoms with Gasteiger partial charge in [-0.1, -0.05) is 18.2 Å². The quantitative estimate of drug-likeness (QED) is 0.362. The SMILES string of the molecule is Cl.Cl.N[C@@H](CC(=O)N1CCSC1C(=O)NCCc1c[nH]c2ccccc12)Cc1cc(F)c(F)cc1F. The van der Waals surface area contributed by atoms with E-state index in [9.17, 15) is 22.8 Å². The summed E-state index contributed by atoms with van der Waals surface area (Å²) in [7, 11) is 0. The van der Waals surface area contributed by atoms with Crippen molar-refractivity contribution < 1.29 is 22.8 Å². The average molecular weight is 563 g/mol. The highest BCUT2D eigenvalue weighted by Gasteiger charge is 2.35. The largest absolute Gasteiger partial charge is 0.361 e. The number of aromatic amines is 1. The van der Waals surface area contributed by atoms with Gasteiger partial charge in [0.05, 0.1) is 0 Å². The Morgan fingerprint density at radius 3 is 2.61 bits per heavy atom. The number of carbonyl (C=O) groups is 2. The van der Waals surface area contributed by atoms with Gasteiger partial charge in [-0.15, -0.1) is 36.6 Å². The molecule has 1 saturated heterocycles. The number of nitrogens with zero attached hydrogens (tertiary/aromatic N) is 1. The van der Waals surface area contributed by atoms with Crippen molar-refractivity contribution in [3.63, 3.8) is 0 Å². The zero-order valence-electron chi connectivity index (χ0n) is 19.1. The van der Waals surface area contributed by atoms with Crippen molar-refractivity contribution in [2.75, 3.05) is 18.8 Å². The molecule has 1 aromatic heterocycles. The summed E-state index contributed by atoms with van der Waals surface area (Å²) in [6, 6.07) is 8.34. The smallest absolute Gasteiger partial charge is 0.253 e. The number of carbonyl (C=O) groups excluding carboxylic acids is 2. The van der Waals surface area contributed by atoms with E-state index in [1.807, 2.05) is 30.5 Å². The number of halogens is 5. The number of aromatic nitrogens is 1. The standard InChI is InChI=1S/C24H25F3N4O2S.2ClH/c25-18-12-20(27)19(26)10-15(18)9-16(28)11-22(32)31-7-8-34-24(31)23(33)29-6-5-14-13-30-21-4-2-1-3-17(14)21;;/h1-4,10,12-13,16,24,30H,5-9,11,28H2,(H,29,33);2*1H/t16-,24?;;/m1../s1. The third-order valence-electron chi connectivity index (χ3n) is 5.81. The van der Waals surface area contributed by atoms with Crippen molar-refractivity contribution in [1.29, 1.82) is 0 Å². The molecule has 0 aliphatic carbocycles. The molecule has 12 heteroatoms. The summed E-state index contributed by atoms with van der Waals surface area (Å²) in [6.45, 7) is 0.824. The van der Waals surface area contributed by atoms with Crippen molar-refractivity contribution in [3.8, 4) is 0 Å². The Labute approximate surface area is 223 Å². The summed E-state index contributed by atoms with van der Waals surface area (Å²) in [6.07, 6.45) is 2.30. The van der Waals surface area contributed by atoms with Crippen LogP contribution in [0.5, 0.6) is 0 Å². The number of fused-ring (bicyclic) bond motifs is 1. The minimum atomic E-state index is -1.28. The molecule has 2 amide bonds. The van der Waals surface area contributed by atoms with E-state index in [1.165, 1.54) is 16.7 Å². The maximum Gasteiger partial charge on any atom is 0.253 e. The van der Waals surface area contributed by atoms with Crippen molar-refractivity contribution in [2.24, 2.45) is 5.73 Å². The first kappa shape index (κ1) is 29.8. The predicted molar refractivity (Wildman–Crippen MR) is 140 cm³/mol. The number of rotatable bonds is 8. The minimum Gasteiger partial charge on any atom is -0.361 e. The average Bonchev–Trinajstić information content (AvgIpc) is 3.45. The Balaban J connectivity index is 0.00000228. The first-order valence-corrected chi connectivity index (χ1v) is 12.0. The van der Waals surface area contributed by atoms with Crippen molar-refractivity contribution in [2.45, 2.75) is 30.7 Å². The van der Waals surface area contributed by atoms with E-state index in [4.69, 9.17) is 5.73 Å². The molecule has 196 valence electrons. The Bertz CT molecular complexity index is 1210. The van der Waals surface area contributed by atoms with Gasteiger partial charge in [0.15, 0.2) is 17.0 Å². The Morgan fingerprint density at radius 2 is 1.83 bits per heavy atom. The van der Waals surface area contributed by atoms with E-state index in [2.05, 4.69) is 10.3 Å². The van der Waals surface area contributed by atoms with Crippen molar-refractivity contribution >= 4 is 59.3 Å². The lowest BCUT2D eigenvalue weighted by Crippen LogP contribution is -2.46. The summed E-state index contributed by atoms with van der Waals surface area (Å²) in [5.74, 6) is -3.34. The summed E-state index contributed by atoms with van der Waals surface area (Å²) in [4.78, 5) is 30.2. The first-order valence-electron chi connectivity index (χ1n) is 11.0. The lowest BCUT2D eigenvalue weighted by atomic mass is 10.0. The van der Waals surface area contributed by atoms with E-state index in [1.54, 1.807) is 0 Å². The van der Waals surface area contributed by atoms with Crippen LogP contribution in [0.4, 0.5) is 13.2 Å². The molecule has 1 aliphatic heterocycles. The first-order chi connectivity index (χ1) is 16.3. The van der Waals surface area contributed by atoms with Crippen LogP contribution in [0.25, 0.3) is 10.9 Å². The van der Waals surface area contributed by atoms with Crippen LogP contribution < -0.4 is 11.1 Å². The topological polar surface area (TPSA) is 91.2 Å². The van der Waals surface area contributed by atoms with Crippen molar-refractivity contribution in [1.82, 2.24) is 15.2 Å². The summed E-state index contributed by atoms with van der Waals surface area (Å²) < 4.78 is 40.4. The molecule has 1 fully saturated rings. The highest BCUT2D eigenvalue weighted by Crippen LogP contribution is 2.25. The van der Waals surface area contributed by atoms with E-state index < -0.39 is 28.9 Å². The molecule has 2 heterocycles. The molecular formula is C24H27Cl2F3N4O2S. The lowest BCUT2D eigenvalue weighted by Gasteiger charge is -2.24. The van der Waals surface area contributed by atoms with Crippen LogP contribution in [-0.2, 0) is 22.4 Å². The second-order valence-electron chi connectivity index (χ2n) is 8.24. The van der Waals surface area contributed by atoms with Crippen LogP contribution in [-0.4, -0.2) is 52.0 Å². The fourth-order valence-corrected chi connectivity index (χ4v) is 5.27. The van der Waals surface area contributed by atoms with Gasteiger partial charge in [-0.2, -0.15) is 0 Å². The summed E-state index contributed by atoms with van der Waals surface area (Å²) in [5.41, 5.74) is 8.03. The van der Waals surface area contributed by atoms with Gasteiger partial charge < -0.3 is 20.9 Å². The molecule has 3 aromatic rings. The minimum absolute atomic E-state index is 0. The van der Waals surface area contributed by atoms with Gasteiger partial charge in [-0.3, -0.25) is 9.59 Å². The lowest BCUT2D eigenvalue weighted by molar-refractivity contribution is -0.136. The van der Waals surface area contributed by atoms with E-state index in [-0.39, 0.29) is 55.0 Å². The molecule has 4 rings (SSSR count). The van der Waals surface area contributed by atoms with Gasteiger partial charge in [0.2, 0.25) is 5.91 Å².